The van der Waals surface area contributed by atoms with Crippen LogP contribution >= 0.6 is 0 Å². The first-order valence-electron chi connectivity index (χ1n) is 7.02. The number of aliphatic hydroxyl groups is 1. The van der Waals surface area contributed by atoms with Gasteiger partial charge >= 0.3 is 0 Å². The number of benzene rings is 1. The summed E-state index contributed by atoms with van der Waals surface area (Å²) in [7, 11) is -3.29. The highest BCUT2D eigenvalue weighted by Crippen LogP contribution is 2.13. The Morgan fingerprint density at radius 3 is 2.67 bits per heavy atom. The molecule has 1 unspecified atom stereocenters. The van der Waals surface area contributed by atoms with Gasteiger partial charge in [0, 0.05) is 26.2 Å². The molecule has 1 aliphatic rings. The summed E-state index contributed by atoms with van der Waals surface area (Å²) in [5, 5.41) is 9.08. The molecule has 1 saturated heterocycles. The predicted molar refractivity (Wildman–Crippen MR) is 79.7 cm³/mol. The highest BCUT2D eigenvalue weighted by atomic mass is 32.2. The Hall–Kier alpha value is -0.990. The number of ether oxygens (including phenoxy) is 1. The minimum atomic E-state index is -3.29. The van der Waals surface area contributed by atoms with Crippen molar-refractivity contribution in [3.8, 4) is 0 Å². The quantitative estimate of drug-likeness (QED) is 0.743. The number of rotatable bonds is 6. The Bertz CT molecular complexity index is 545. The molecule has 1 aromatic rings. The van der Waals surface area contributed by atoms with Crippen LogP contribution < -0.4 is 5.73 Å². The molecule has 6 nitrogen and oxygen atoms in total. The Morgan fingerprint density at radius 2 is 2.05 bits per heavy atom. The smallest absolute Gasteiger partial charge is 0.179 e. The minimum absolute atomic E-state index is 0.0379. The van der Waals surface area contributed by atoms with E-state index in [-0.39, 0.29) is 18.5 Å². The third kappa shape index (κ3) is 4.49. The monoisotopic (exact) mass is 314 g/mol. The molecule has 118 valence electrons. The van der Waals surface area contributed by atoms with Crippen LogP contribution in [0.5, 0.6) is 0 Å². The summed E-state index contributed by atoms with van der Waals surface area (Å²) >= 11 is 0. The fourth-order valence-electron chi connectivity index (χ4n) is 2.29. The predicted octanol–water partition coefficient (Wildman–Crippen LogP) is -0.388. The zero-order valence-corrected chi connectivity index (χ0v) is 12.8. The van der Waals surface area contributed by atoms with Crippen molar-refractivity contribution in [2.24, 2.45) is 5.73 Å². The summed E-state index contributed by atoms with van der Waals surface area (Å²) in [6, 6.07) is 6.69. The number of nitrogens with two attached hydrogens (primary N) is 1. The van der Waals surface area contributed by atoms with Crippen LogP contribution in [0.15, 0.2) is 29.2 Å². The highest BCUT2D eigenvalue weighted by molar-refractivity contribution is 7.91. The average molecular weight is 314 g/mol. The second-order valence-corrected chi connectivity index (χ2v) is 7.25. The molecule has 0 aromatic heterocycles. The molecule has 1 heterocycles. The van der Waals surface area contributed by atoms with Gasteiger partial charge in [-0.05, 0) is 17.7 Å². The maximum absolute atomic E-state index is 12.3. The molecule has 0 spiro atoms. The molecule has 0 saturated carbocycles. The SMILES string of the molecule is NCc1ccc(S(=O)(=O)CCN2CCOC(CO)C2)cc1. The number of aliphatic hydroxyl groups excluding tert-OH is 1. The topological polar surface area (TPSA) is 92.9 Å². The number of morpholine rings is 1. The van der Waals surface area contributed by atoms with E-state index < -0.39 is 9.84 Å². The lowest BCUT2D eigenvalue weighted by Gasteiger charge is -2.31. The van der Waals surface area contributed by atoms with Gasteiger partial charge in [-0.15, -0.1) is 0 Å². The maximum atomic E-state index is 12.3. The molecule has 0 radical (unpaired) electrons. The van der Waals surface area contributed by atoms with Crippen molar-refractivity contribution in [3.05, 3.63) is 29.8 Å². The van der Waals surface area contributed by atoms with Crippen LogP contribution in [0.4, 0.5) is 0 Å². The molecule has 7 heteroatoms. The second-order valence-electron chi connectivity index (χ2n) is 5.14. The van der Waals surface area contributed by atoms with Gasteiger partial charge in [0.15, 0.2) is 9.84 Å². The fourth-order valence-corrected chi connectivity index (χ4v) is 3.58. The number of hydrogen-bond acceptors (Lipinski definition) is 6. The number of nitrogens with zero attached hydrogens (tertiary/aromatic N) is 1. The van der Waals surface area contributed by atoms with Gasteiger partial charge in [-0.25, -0.2) is 8.42 Å². The Kier molecular flexibility index (Phi) is 5.72. The van der Waals surface area contributed by atoms with E-state index in [1.165, 1.54) is 0 Å². The summed E-state index contributed by atoms with van der Waals surface area (Å²) < 4.78 is 29.9. The third-order valence-electron chi connectivity index (χ3n) is 3.62. The number of hydrogen-bond donors (Lipinski definition) is 2. The van der Waals surface area contributed by atoms with E-state index in [0.29, 0.717) is 37.7 Å². The Balaban J connectivity index is 1.94. The molecule has 1 aliphatic heterocycles. The lowest BCUT2D eigenvalue weighted by molar-refractivity contribution is -0.0510. The summed E-state index contributed by atoms with van der Waals surface area (Å²) in [4.78, 5) is 2.34. The van der Waals surface area contributed by atoms with Crippen molar-refractivity contribution in [1.82, 2.24) is 4.90 Å². The molecule has 2 rings (SSSR count). The standard InChI is InChI=1S/C14H22N2O4S/c15-9-12-1-3-14(4-2-12)21(18,19)8-6-16-5-7-20-13(10-16)11-17/h1-4,13,17H,5-11,15H2. The van der Waals surface area contributed by atoms with Crippen molar-refractivity contribution in [2.75, 3.05) is 38.6 Å². The molecule has 1 atom stereocenters. The molecule has 1 aromatic carbocycles. The number of sulfone groups is 1. The molecule has 0 amide bonds. The first kappa shape index (κ1) is 16.4. The van der Waals surface area contributed by atoms with E-state index in [4.69, 9.17) is 15.6 Å². The fraction of sp³-hybridized carbons (Fsp3) is 0.571. The Morgan fingerprint density at radius 1 is 1.33 bits per heavy atom. The maximum Gasteiger partial charge on any atom is 0.179 e. The second kappa shape index (κ2) is 7.33. The largest absolute Gasteiger partial charge is 0.394 e. The lowest BCUT2D eigenvalue weighted by atomic mass is 10.2. The summed E-state index contributed by atoms with van der Waals surface area (Å²) in [6.07, 6.45) is -0.217. The van der Waals surface area contributed by atoms with Gasteiger partial charge in [0.1, 0.15) is 0 Å². The molecule has 0 bridgehead atoms. The van der Waals surface area contributed by atoms with Gasteiger partial charge in [-0.2, -0.15) is 0 Å². The third-order valence-corrected chi connectivity index (χ3v) is 5.33. The van der Waals surface area contributed by atoms with E-state index >= 15 is 0 Å². The first-order chi connectivity index (χ1) is 10.0. The minimum Gasteiger partial charge on any atom is -0.394 e. The van der Waals surface area contributed by atoms with Gasteiger partial charge in [-0.1, -0.05) is 12.1 Å². The van der Waals surface area contributed by atoms with E-state index in [2.05, 4.69) is 0 Å². The van der Waals surface area contributed by atoms with Crippen LogP contribution in [0.25, 0.3) is 0 Å². The average Bonchev–Trinajstić information content (AvgIpc) is 2.53. The zero-order valence-electron chi connectivity index (χ0n) is 11.9. The molecule has 21 heavy (non-hydrogen) atoms. The van der Waals surface area contributed by atoms with Gasteiger partial charge in [0.05, 0.1) is 30.0 Å². The van der Waals surface area contributed by atoms with Crippen LogP contribution in [-0.2, 0) is 21.1 Å². The van der Waals surface area contributed by atoms with E-state index in [9.17, 15) is 8.42 Å². The van der Waals surface area contributed by atoms with Crippen molar-refractivity contribution in [2.45, 2.75) is 17.5 Å². The zero-order chi connectivity index (χ0) is 15.3. The van der Waals surface area contributed by atoms with Crippen LogP contribution in [-0.4, -0.2) is 63.1 Å². The van der Waals surface area contributed by atoms with Gasteiger partial charge in [0.25, 0.3) is 0 Å². The highest BCUT2D eigenvalue weighted by Gasteiger charge is 2.22. The van der Waals surface area contributed by atoms with Gasteiger partial charge in [-0.3, -0.25) is 4.90 Å². The van der Waals surface area contributed by atoms with Gasteiger partial charge in [0.2, 0.25) is 0 Å². The molecular formula is C14H22N2O4S. The summed E-state index contributed by atoms with van der Waals surface area (Å²) in [6.45, 7) is 2.59. The summed E-state index contributed by atoms with van der Waals surface area (Å²) in [5.74, 6) is 0.0626. The molecule has 0 aliphatic carbocycles. The van der Waals surface area contributed by atoms with Crippen LogP contribution in [0.2, 0.25) is 0 Å². The normalized spacial score (nSPS) is 20.6. The van der Waals surface area contributed by atoms with E-state index in [1.54, 1.807) is 24.3 Å². The van der Waals surface area contributed by atoms with E-state index in [0.717, 1.165) is 5.56 Å². The molecule has 1 fully saturated rings. The van der Waals surface area contributed by atoms with Crippen molar-refractivity contribution < 1.29 is 18.3 Å². The van der Waals surface area contributed by atoms with Crippen LogP contribution in [0.1, 0.15) is 5.56 Å². The van der Waals surface area contributed by atoms with Crippen molar-refractivity contribution >= 4 is 9.84 Å². The molecular weight excluding hydrogens is 292 g/mol. The van der Waals surface area contributed by atoms with Crippen LogP contribution in [0, 0.1) is 0 Å². The first-order valence-corrected chi connectivity index (χ1v) is 8.67. The van der Waals surface area contributed by atoms with Gasteiger partial charge < -0.3 is 15.6 Å². The van der Waals surface area contributed by atoms with Crippen molar-refractivity contribution in [1.29, 1.82) is 0 Å². The Labute approximate surface area is 125 Å². The lowest BCUT2D eigenvalue weighted by Crippen LogP contribution is -2.45. The van der Waals surface area contributed by atoms with E-state index in [1.807, 2.05) is 4.90 Å². The van der Waals surface area contributed by atoms with Crippen molar-refractivity contribution in [3.63, 3.8) is 0 Å². The summed E-state index contributed by atoms with van der Waals surface area (Å²) in [5.41, 5.74) is 6.41. The molecule has 3 N–H and O–H groups in total. The van der Waals surface area contributed by atoms with Crippen LogP contribution in [0.3, 0.4) is 0 Å².